The molecule has 5 unspecified atom stereocenters. The number of phenolic OH excluding ortho intramolecular Hbond substituents is 1. The van der Waals surface area contributed by atoms with E-state index in [1.807, 2.05) is 13.8 Å². The van der Waals surface area contributed by atoms with E-state index >= 15 is 0 Å². The molecule has 1 saturated heterocycles. The van der Waals surface area contributed by atoms with E-state index in [1.165, 1.54) is 23.4 Å². The number of carboxylic acids is 1. The standard InChI is InChI=1S/C26H36N6O6/c1-3-15(2)22(25(36)32-10-4-5-21(32)26(37)38)31-24(35)20(11-16-6-8-18(33)9-7-16)30-23(34)19(27)12-17-13-28-14-29-17/h6-9,13-15,19-22,33H,3-5,10-12,27H2,1-2H3,(H,28,29)(H,30,34)(H,31,35)(H,37,38). The number of aliphatic carboxylic acids is 1. The van der Waals surface area contributed by atoms with Crippen molar-refractivity contribution in [3.63, 3.8) is 0 Å². The smallest absolute Gasteiger partial charge is 0.326 e. The fraction of sp³-hybridized carbons (Fsp3) is 0.500. The van der Waals surface area contributed by atoms with E-state index < -0.39 is 47.9 Å². The highest BCUT2D eigenvalue weighted by Crippen LogP contribution is 2.22. The maximum absolute atomic E-state index is 13.5. The zero-order valence-corrected chi connectivity index (χ0v) is 21.6. The fourth-order valence-electron chi connectivity index (χ4n) is 4.48. The van der Waals surface area contributed by atoms with Crippen molar-refractivity contribution in [3.8, 4) is 5.75 Å². The summed E-state index contributed by atoms with van der Waals surface area (Å²) in [7, 11) is 0. The molecule has 1 fully saturated rings. The van der Waals surface area contributed by atoms with Gasteiger partial charge in [-0.3, -0.25) is 14.4 Å². The van der Waals surface area contributed by atoms with Gasteiger partial charge in [-0.15, -0.1) is 0 Å². The van der Waals surface area contributed by atoms with Gasteiger partial charge in [0.1, 0.15) is 23.9 Å². The zero-order chi connectivity index (χ0) is 27.8. The first-order chi connectivity index (χ1) is 18.1. The molecule has 206 valence electrons. The summed E-state index contributed by atoms with van der Waals surface area (Å²) in [5.74, 6) is -2.91. The van der Waals surface area contributed by atoms with E-state index in [0.717, 1.165) is 0 Å². The highest BCUT2D eigenvalue weighted by atomic mass is 16.4. The van der Waals surface area contributed by atoms with Gasteiger partial charge in [0.15, 0.2) is 0 Å². The molecule has 12 nitrogen and oxygen atoms in total. The summed E-state index contributed by atoms with van der Waals surface area (Å²) in [6.45, 7) is 3.98. The molecule has 0 bridgehead atoms. The van der Waals surface area contributed by atoms with Crippen LogP contribution in [-0.4, -0.2) is 79.5 Å². The van der Waals surface area contributed by atoms with E-state index in [0.29, 0.717) is 37.1 Å². The van der Waals surface area contributed by atoms with Gasteiger partial charge in [0.25, 0.3) is 0 Å². The lowest BCUT2D eigenvalue weighted by molar-refractivity contribution is -0.150. The fourth-order valence-corrected chi connectivity index (χ4v) is 4.48. The molecule has 5 atom stereocenters. The Morgan fingerprint density at radius 2 is 1.87 bits per heavy atom. The Morgan fingerprint density at radius 1 is 1.16 bits per heavy atom. The molecule has 3 amide bonds. The van der Waals surface area contributed by atoms with Gasteiger partial charge in [0.2, 0.25) is 17.7 Å². The second kappa shape index (κ2) is 13.0. The molecule has 2 heterocycles. The summed E-state index contributed by atoms with van der Waals surface area (Å²) in [6, 6.07) is 2.27. The summed E-state index contributed by atoms with van der Waals surface area (Å²) in [6.07, 6.45) is 4.78. The average molecular weight is 529 g/mol. The third-order valence-corrected chi connectivity index (χ3v) is 6.94. The predicted molar refractivity (Wildman–Crippen MR) is 138 cm³/mol. The number of carboxylic acid groups (broad SMARTS) is 1. The molecule has 1 aromatic heterocycles. The first kappa shape index (κ1) is 28.6. The number of nitrogens with one attached hydrogen (secondary N) is 3. The zero-order valence-electron chi connectivity index (χ0n) is 21.6. The Hall–Kier alpha value is -3.93. The first-order valence-corrected chi connectivity index (χ1v) is 12.8. The van der Waals surface area contributed by atoms with Gasteiger partial charge < -0.3 is 36.5 Å². The predicted octanol–water partition coefficient (Wildman–Crippen LogP) is 0.319. The van der Waals surface area contributed by atoms with E-state index in [-0.39, 0.29) is 24.5 Å². The average Bonchev–Trinajstić information content (AvgIpc) is 3.59. The second-order valence-electron chi connectivity index (χ2n) is 9.72. The van der Waals surface area contributed by atoms with Gasteiger partial charge in [-0.2, -0.15) is 0 Å². The molecule has 0 saturated carbocycles. The molecule has 0 radical (unpaired) electrons. The van der Waals surface area contributed by atoms with Crippen LogP contribution >= 0.6 is 0 Å². The molecule has 1 aromatic carbocycles. The van der Waals surface area contributed by atoms with E-state index in [9.17, 15) is 29.4 Å². The van der Waals surface area contributed by atoms with Crippen LogP contribution in [0.3, 0.4) is 0 Å². The number of nitrogens with zero attached hydrogens (tertiary/aromatic N) is 2. The van der Waals surface area contributed by atoms with E-state index in [4.69, 9.17) is 5.73 Å². The molecule has 3 rings (SSSR count). The number of aromatic hydroxyl groups is 1. The largest absolute Gasteiger partial charge is 0.508 e. The maximum atomic E-state index is 13.5. The Balaban J connectivity index is 1.80. The molecule has 0 spiro atoms. The van der Waals surface area contributed by atoms with Crippen molar-refractivity contribution in [2.45, 2.75) is 70.1 Å². The van der Waals surface area contributed by atoms with Crippen LogP contribution in [0.1, 0.15) is 44.4 Å². The van der Waals surface area contributed by atoms with E-state index in [2.05, 4.69) is 20.6 Å². The van der Waals surface area contributed by atoms with Crippen LogP contribution in [0.4, 0.5) is 0 Å². The quantitative estimate of drug-likeness (QED) is 0.227. The van der Waals surface area contributed by atoms with Gasteiger partial charge in [-0.05, 0) is 36.5 Å². The number of carbonyl (C=O) groups excluding carboxylic acids is 3. The van der Waals surface area contributed by atoms with Crippen LogP contribution in [0.25, 0.3) is 0 Å². The summed E-state index contributed by atoms with van der Waals surface area (Å²) >= 11 is 0. The lowest BCUT2D eigenvalue weighted by atomic mass is 9.96. The van der Waals surface area contributed by atoms with Crippen LogP contribution in [0, 0.1) is 5.92 Å². The van der Waals surface area contributed by atoms with Crippen molar-refractivity contribution >= 4 is 23.7 Å². The Kier molecular flexibility index (Phi) is 9.83. The number of hydrogen-bond acceptors (Lipinski definition) is 7. The number of phenols is 1. The van der Waals surface area contributed by atoms with Crippen LogP contribution in [0.15, 0.2) is 36.8 Å². The minimum atomic E-state index is -1.08. The molecule has 0 aliphatic carbocycles. The highest BCUT2D eigenvalue weighted by Gasteiger charge is 2.40. The van der Waals surface area contributed by atoms with Gasteiger partial charge in [-0.25, -0.2) is 9.78 Å². The van der Waals surface area contributed by atoms with Gasteiger partial charge in [0.05, 0.1) is 12.4 Å². The van der Waals surface area contributed by atoms with Crippen molar-refractivity contribution in [1.29, 1.82) is 0 Å². The first-order valence-electron chi connectivity index (χ1n) is 12.8. The van der Waals surface area contributed by atoms with Gasteiger partial charge in [0, 0.05) is 31.3 Å². The van der Waals surface area contributed by atoms with Crippen LogP contribution in [-0.2, 0) is 32.0 Å². The Morgan fingerprint density at radius 3 is 2.47 bits per heavy atom. The van der Waals surface area contributed by atoms with Crippen molar-refractivity contribution < 1.29 is 29.4 Å². The second-order valence-corrected chi connectivity index (χ2v) is 9.72. The molecule has 12 heteroatoms. The topological polar surface area (TPSA) is 191 Å². The van der Waals surface area contributed by atoms with Crippen LogP contribution in [0.5, 0.6) is 5.75 Å². The van der Waals surface area contributed by atoms with Crippen molar-refractivity contribution in [3.05, 3.63) is 48.0 Å². The number of H-pyrrole nitrogens is 1. The molecular formula is C26H36N6O6. The molecule has 38 heavy (non-hydrogen) atoms. The van der Waals surface area contributed by atoms with Crippen LogP contribution in [0.2, 0.25) is 0 Å². The number of carbonyl (C=O) groups is 4. The Bertz CT molecular complexity index is 1110. The molecule has 1 aliphatic heterocycles. The van der Waals surface area contributed by atoms with Crippen LogP contribution < -0.4 is 16.4 Å². The summed E-state index contributed by atoms with van der Waals surface area (Å²) in [5, 5.41) is 24.6. The monoisotopic (exact) mass is 528 g/mol. The lowest BCUT2D eigenvalue weighted by Crippen LogP contribution is -2.59. The van der Waals surface area contributed by atoms with Crippen molar-refractivity contribution in [1.82, 2.24) is 25.5 Å². The number of aromatic amines is 1. The third kappa shape index (κ3) is 7.31. The number of imidazole rings is 1. The maximum Gasteiger partial charge on any atom is 0.326 e. The SMILES string of the molecule is CCC(C)C(NC(=O)C(Cc1ccc(O)cc1)NC(=O)C(N)Cc1cnc[nH]1)C(=O)N1CCCC1C(=O)O. The minimum absolute atomic E-state index is 0.0568. The number of benzene rings is 1. The van der Waals surface area contributed by atoms with E-state index in [1.54, 1.807) is 18.3 Å². The third-order valence-electron chi connectivity index (χ3n) is 6.94. The van der Waals surface area contributed by atoms with Crippen molar-refractivity contribution in [2.24, 2.45) is 11.7 Å². The number of hydrogen-bond donors (Lipinski definition) is 6. The molecule has 1 aliphatic rings. The summed E-state index contributed by atoms with van der Waals surface area (Å²) < 4.78 is 0. The van der Waals surface area contributed by atoms with Gasteiger partial charge in [-0.1, -0.05) is 32.4 Å². The summed E-state index contributed by atoms with van der Waals surface area (Å²) in [4.78, 5) is 59.7. The number of nitrogens with two attached hydrogens (primary N) is 1. The number of amides is 3. The number of likely N-dealkylation sites (tertiary alicyclic amines) is 1. The molecular weight excluding hydrogens is 492 g/mol. The molecule has 2 aromatic rings. The highest BCUT2D eigenvalue weighted by molar-refractivity contribution is 5.94. The van der Waals surface area contributed by atoms with Gasteiger partial charge >= 0.3 is 5.97 Å². The summed E-state index contributed by atoms with van der Waals surface area (Å²) in [5.41, 5.74) is 7.40. The number of rotatable bonds is 12. The molecule has 7 N–H and O–H groups in total. The number of aromatic nitrogens is 2. The minimum Gasteiger partial charge on any atom is -0.508 e. The normalized spacial score (nSPS) is 18.3. The Labute approximate surface area is 221 Å². The van der Waals surface area contributed by atoms with Crippen molar-refractivity contribution in [2.75, 3.05) is 6.54 Å². The lowest BCUT2D eigenvalue weighted by Gasteiger charge is -2.31.